The van der Waals surface area contributed by atoms with E-state index in [2.05, 4.69) is 20.8 Å². The van der Waals surface area contributed by atoms with Gasteiger partial charge in [0.1, 0.15) is 0 Å². The molecule has 0 aliphatic heterocycles. The molecule has 0 bridgehead atoms. The number of carbonyl (C=O) groups is 1. The molecule has 128 valence electrons. The summed E-state index contributed by atoms with van der Waals surface area (Å²) < 4.78 is 31.6. The van der Waals surface area contributed by atoms with Crippen molar-refractivity contribution in [1.82, 2.24) is 0 Å². The highest BCUT2D eigenvalue weighted by Gasteiger charge is 2.18. The Labute approximate surface area is 142 Å². The maximum Gasteiger partial charge on any atom is 0.294 e. The second-order valence-electron chi connectivity index (χ2n) is 6.66. The molecule has 5 nitrogen and oxygen atoms in total. The topological polar surface area (TPSA) is 74.7 Å². The number of rotatable bonds is 3. The second kappa shape index (κ2) is 6.37. The summed E-state index contributed by atoms with van der Waals surface area (Å²) in [6.07, 6.45) is 0. The average Bonchev–Trinajstić information content (AvgIpc) is 2.52. The Morgan fingerprint density at radius 3 is 2.12 bits per heavy atom. The molecule has 2 aromatic carbocycles. The van der Waals surface area contributed by atoms with Crippen LogP contribution in [0.25, 0.3) is 0 Å². The number of hydrogen-bond donors (Lipinski definition) is 1. The molecule has 2 rings (SSSR count). The van der Waals surface area contributed by atoms with Crippen LogP contribution in [0.3, 0.4) is 0 Å². The smallest absolute Gasteiger partial charge is 0.294 e. The standard InChI is InChI=1S/C18H21NO4S/c1-18(2,3)14-10-8-13(9-11-14)17(20)19(4)15-6-5-7-16(12-15)24(21,22)23/h5-12H,1-4H3,(H,21,22,23). The van der Waals surface area contributed by atoms with Crippen molar-refractivity contribution >= 4 is 21.7 Å². The van der Waals surface area contributed by atoms with E-state index < -0.39 is 10.1 Å². The minimum atomic E-state index is -4.31. The van der Waals surface area contributed by atoms with E-state index in [4.69, 9.17) is 4.55 Å². The number of nitrogens with zero attached hydrogens (tertiary/aromatic N) is 1. The Balaban J connectivity index is 2.30. The number of amides is 1. The Morgan fingerprint density at radius 1 is 1.04 bits per heavy atom. The zero-order valence-corrected chi connectivity index (χ0v) is 15.0. The first-order valence-corrected chi connectivity index (χ1v) is 8.90. The maximum absolute atomic E-state index is 12.6. The average molecular weight is 347 g/mol. The summed E-state index contributed by atoms with van der Waals surface area (Å²) in [6.45, 7) is 6.28. The zero-order valence-electron chi connectivity index (χ0n) is 14.1. The lowest BCUT2D eigenvalue weighted by molar-refractivity contribution is 0.0993. The van der Waals surface area contributed by atoms with E-state index in [9.17, 15) is 13.2 Å². The Hall–Kier alpha value is -2.18. The molecule has 0 spiro atoms. The van der Waals surface area contributed by atoms with Gasteiger partial charge in [-0.15, -0.1) is 0 Å². The fourth-order valence-electron chi connectivity index (χ4n) is 2.28. The van der Waals surface area contributed by atoms with Gasteiger partial charge in [-0.25, -0.2) is 0 Å². The Bertz CT molecular complexity index is 849. The van der Waals surface area contributed by atoms with Crippen molar-refractivity contribution < 1.29 is 17.8 Å². The van der Waals surface area contributed by atoms with Gasteiger partial charge in [0.2, 0.25) is 0 Å². The number of benzene rings is 2. The van der Waals surface area contributed by atoms with E-state index in [1.807, 2.05) is 12.1 Å². The lowest BCUT2D eigenvalue weighted by atomic mass is 9.86. The van der Waals surface area contributed by atoms with Crippen LogP contribution in [0.4, 0.5) is 5.69 Å². The van der Waals surface area contributed by atoms with Crippen LogP contribution in [-0.2, 0) is 15.5 Å². The largest absolute Gasteiger partial charge is 0.311 e. The van der Waals surface area contributed by atoms with Crippen LogP contribution < -0.4 is 4.90 Å². The molecule has 24 heavy (non-hydrogen) atoms. The van der Waals surface area contributed by atoms with Gasteiger partial charge < -0.3 is 4.90 Å². The molecule has 0 aliphatic carbocycles. The predicted molar refractivity (Wildman–Crippen MR) is 94.1 cm³/mol. The summed E-state index contributed by atoms with van der Waals surface area (Å²) >= 11 is 0. The molecule has 0 aromatic heterocycles. The highest BCUT2D eigenvalue weighted by Crippen LogP contribution is 2.24. The van der Waals surface area contributed by atoms with E-state index in [1.165, 1.54) is 23.1 Å². The van der Waals surface area contributed by atoms with Gasteiger partial charge in [-0.05, 0) is 41.3 Å². The first-order valence-electron chi connectivity index (χ1n) is 7.46. The van der Waals surface area contributed by atoms with Gasteiger partial charge in [-0.3, -0.25) is 9.35 Å². The normalized spacial score (nSPS) is 12.0. The molecule has 0 aliphatic rings. The van der Waals surface area contributed by atoms with Crippen molar-refractivity contribution in [2.75, 3.05) is 11.9 Å². The second-order valence-corrected chi connectivity index (χ2v) is 8.09. The maximum atomic E-state index is 12.6. The van der Waals surface area contributed by atoms with E-state index in [0.29, 0.717) is 11.3 Å². The minimum absolute atomic E-state index is 0.00268. The fraction of sp³-hybridized carbons (Fsp3) is 0.278. The lowest BCUT2D eigenvalue weighted by Gasteiger charge is -2.21. The molecule has 0 fully saturated rings. The Kier molecular flexibility index (Phi) is 4.82. The van der Waals surface area contributed by atoms with Gasteiger partial charge in [-0.1, -0.05) is 39.0 Å². The van der Waals surface area contributed by atoms with Crippen LogP contribution in [0.15, 0.2) is 53.4 Å². The third-order valence-corrected chi connectivity index (χ3v) is 4.65. The number of hydrogen-bond acceptors (Lipinski definition) is 3. The molecule has 0 atom stereocenters. The Morgan fingerprint density at radius 2 is 1.62 bits per heavy atom. The van der Waals surface area contributed by atoms with Crippen LogP contribution in [0.5, 0.6) is 0 Å². The van der Waals surface area contributed by atoms with Crippen LogP contribution in [0.2, 0.25) is 0 Å². The molecule has 6 heteroatoms. The first kappa shape index (κ1) is 18.2. The molecule has 0 radical (unpaired) electrons. The van der Waals surface area contributed by atoms with Gasteiger partial charge >= 0.3 is 0 Å². The molecule has 0 saturated carbocycles. The molecular formula is C18H21NO4S. The molecular weight excluding hydrogens is 326 g/mol. The monoisotopic (exact) mass is 347 g/mol. The van der Waals surface area contributed by atoms with Gasteiger partial charge in [0, 0.05) is 18.3 Å². The SMILES string of the molecule is CN(C(=O)c1ccc(C(C)(C)C)cc1)c1cccc(S(=O)(=O)O)c1. The number of anilines is 1. The van der Waals surface area contributed by atoms with Gasteiger partial charge in [0.05, 0.1) is 4.90 Å². The molecule has 1 amide bonds. The summed E-state index contributed by atoms with van der Waals surface area (Å²) in [4.78, 5) is 13.7. The van der Waals surface area contributed by atoms with Crippen LogP contribution in [-0.4, -0.2) is 25.9 Å². The summed E-state index contributed by atoms with van der Waals surface area (Å²) in [5, 5.41) is 0. The molecule has 0 heterocycles. The highest BCUT2D eigenvalue weighted by molar-refractivity contribution is 7.85. The van der Waals surface area contributed by atoms with Crippen molar-refractivity contribution in [1.29, 1.82) is 0 Å². The van der Waals surface area contributed by atoms with E-state index in [1.54, 1.807) is 25.2 Å². The summed E-state index contributed by atoms with van der Waals surface area (Å²) in [5.41, 5.74) is 2.00. The molecule has 2 aromatic rings. The van der Waals surface area contributed by atoms with Gasteiger partial charge in [-0.2, -0.15) is 8.42 Å². The minimum Gasteiger partial charge on any atom is -0.311 e. The van der Waals surface area contributed by atoms with Crippen LogP contribution >= 0.6 is 0 Å². The van der Waals surface area contributed by atoms with Gasteiger partial charge in [0.25, 0.3) is 16.0 Å². The predicted octanol–water partition coefficient (Wildman–Crippen LogP) is 3.51. The third kappa shape index (κ3) is 4.01. The fourth-order valence-corrected chi connectivity index (χ4v) is 2.80. The van der Waals surface area contributed by atoms with Crippen molar-refractivity contribution in [3.63, 3.8) is 0 Å². The van der Waals surface area contributed by atoms with Crippen molar-refractivity contribution in [2.45, 2.75) is 31.1 Å². The number of carbonyl (C=O) groups excluding carboxylic acids is 1. The third-order valence-electron chi connectivity index (χ3n) is 3.81. The van der Waals surface area contributed by atoms with Crippen molar-refractivity contribution in [2.24, 2.45) is 0 Å². The van der Waals surface area contributed by atoms with Gasteiger partial charge in [0.15, 0.2) is 0 Å². The molecule has 0 unspecified atom stereocenters. The first-order chi connectivity index (χ1) is 11.0. The van der Waals surface area contributed by atoms with Crippen molar-refractivity contribution in [3.05, 3.63) is 59.7 Å². The van der Waals surface area contributed by atoms with Crippen LogP contribution in [0.1, 0.15) is 36.7 Å². The van der Waals surface area contributed by atoms with E-state index in [-0.39, 0.29) is 16.2 Å². The zero-order chi connectivity index (χ0) is 18.1. The quantitative estimate of drug-likeness (QED) is 0.862. The highest BCUT2D eigenvalue weighted by atomic mass is 32.2. The summed E-state index contributed by atoms with van der Waals surface area (Å²) in [5.74, 6) is -0.261. The summed E-state index contributed by atoms with van der Waals surface area (Å²) in [7, 11) is -2.75. The summed E-state index contributed by atoms with van der Waals surface area (Å²) in [6, 6.07) is 13.0. The van der Waals surface area contributed by atoms with Crippen molar-refractivity contribution in [3.8, 4) is 0 Å². The van der Waals surface area contributed by atoms with Crippen LogP contribution in [0, 0.1) is 0 Å². The van der Waals surface area contributed by atoms with E-state index in [0.717, 1.165) is 5.56 Å². The lowest BCUT2D eigenvalue weighted by Crippen LogP contribution is -2.26. The molecule has 1 N–H and O–H groups in total. The van der Waals surface area contributed by atoms with E-state index >= 15 is 0 Å². The molecule has 0 saturated heterocycles.